The monoisotopic (exact) mass is 422 g/mol. The second kappa shape index (κ2) is 7.45. The smallest absolute Gasteiger partial charge is 0.269 e. The van der Waals surface area contributed by atoms with E-state index >= 15 is 0 Å². The number of thioether (sulfide) groups is 1. The number of nitro groups is 1. The number of methoxy groups -OCH3 is 1. The van der Waals surface area contributed by atoms with Gasteiger partial charge in [-0.2, -0.15) is 0 Å². The van der Waals surface area contributed by atoms with Gasteiger partial charge in [0.15, 0.2) is 0 Å². The first kappa shape index (κ1) is 17.8. The molecule has 1 saturated heterocycles. The molecule has 1 aliphatic heterocycles. The molecule has 1 heterocycles. The molecule has 1 amide bonds. The number of hydrogen-bond donors (Lipinski definition) is 0. The molecule has 0 bridgehead atoms. The molecular weight excluding hydrogens is 408 g/mol. The number of ether oxygens (including phenoxy) is 1. The summed E-state index contributed by atoms with van der Waals surface area (Å²) in [6.45, 7) is 0.634. The second-order valence-electron chi connectivity index (χ2n) is 5.42. The molecule has 2 aromatic rings. The first-order valence-electron chi connectivity index (χ1n) is 7.51. The Bertz CT molecular complexity index is 813. The van der Waals surface area contributed by atoms with Gasteiger partial charge in [-0.1, -0.05) is 6.07 Å². The molecule has 8 heteroatoms. The van der Waals surface area contributed by atoms with Crippen molar-refractivity contribution >= 4 is 39.3 Å². The normalized spacial score (nSPS) is 16.7. The topological polar surface area (TPSA) is 72.7 Å². The third kappa shape index (κ3) is 3.64. The summed E-state index contributed by atoms with van der Waals surface area (Å²) in [6.07, 6.45) is 0. The molecule has 2 aromatic carbocycles. The Morgan fingerprint density at radius 1 is 1.32 bits per heavy atom. The lowest BCUT2D eigenvalue weighted by Gasteiger charge is -2.24. The van der Waals surface area contributed by atoms with Crippen molar-refractivity contribution in [3.63, 3.8) is 0 Å². The van der Waals surface area contributed by atoms with Crippen LogP contribution in [0.15, 0.2) is 46.9 Å². The van der Waals surface area contributed by atoms with E-state index in [-0.39, 0.29) is 17.0 Å². The average molecular weight is 423 g/mol. The molecular formula is C17H15BrN2O4S. The van der Waals surface area contributed by atoms with Gasteiger partial charge in [-0.15, -0.1) is 11.8 Å². The molecule has 0 N–H and O–H groups in total. The highest BCUT2D eigenvalue weighted by molar-refractivity contribution is 9.10. The SMILES string of the molecule is COc1ccc([C@@H]2SCCN2C(=O)c2ccc([N+](=O)[O-])cc2)cc1Br. The maximum Gasteiger partial charge on any atom is 0.269 e. The van der Waals surface area contributed by atoms with Gasteiger partial charge in [-0.05, 0) is 45.8 Å². The van der Waals surface area contributed by atoms with Gasteiger partial charge in [0.25, 0.3) is 11.6 Å². The Morgan fingerprint density at radius 3 is 2.64 bits per heavy atom. The highest BCUT2D eigenvalue weighted by Gasteiger charge is 2.31. The van der Waals surface area contributed by atoms with Crippen LogP contribution in [0, 0.1) is 10.1 Å². The first-order valence-corrected chi connectivity index (χ1v) is 9.36. The fraction of sp³-hybridized carbons (Fsp3) is 0.235. The van der Waals surface area contributed by atoms with E-state index in [2.05, 4.69) is 15.9 Å². The Hall–Kier alpha value is -2.06. The van der Waals surface area contributed by atoms with E-state index in [1.54, 1.807) is 23.8 Å². The second-order valence-corrected chi connectivity index (χ2v) is 7.46. The van der Waals surface area contributed by atoms with Crippen LogP contribution in [0.3, 0.4) is 0 Å². The number of non-ortho nitro benzene ring substituents is 1. The van der Waals surface area contributed by atoms with Crippen molar-refractivity contribution < 1.29 is 14.5 Å². The summed E-state index contributed by atoms with van der Waals surface area (Å²) in [5.41, 5.74) is 1.43. The van der Waals surface area contributed by atoms with Crippen LogP contribution >= 0.6 is 27.7 Å². The minimum absolute atomic E-state index is 0.0250. The predicted molar refractivity (Wildman–Crippen MR) is 100 cm³/mol. The molecule has 1 fully saturated rings. The number of nitrogens with zero attached hydrogens (tertiary/aromatic N) is 2. The fourth-order valence-electron chi connectivity index (χ4n) is 2.68. The Balaban J connectivity index is 1.84. The van der Waals surface area contributed by atoms with Crippen LogP contribution in [0.5, 0.6) is 5.75 Å². The van der Waals surface area contributed by atoms with Crippen LogP contribution in [0.1, 0.15) is 21.3 Å². The number of halogens is 1. The van der Waals surface area contributed by atoms with E-state index in [4.69, 9.17) is 4.74 Å². The molecule has 1 aliphatic rings. The van der Waals surface area contributed by atoms with E-state index < -0.39 is 4.92 Å². The van der Waals surface area contributed by atoms with Gasteiger partial charge in [0.05, 0.1) is 16.5 Å². The van der Waals surface area contributed by atoms with E-state index in [1.807, 2.05) is 18.2 Å². The van der Waals surface area contributed by atoms with Crippen LogP contribution < -0.4 is 4.74 Å². The largest absolute Gasteiger partial charge is 0.496 e. The van der Waals surface area contributed by atoms with Crippen LogP contribution in [0.2, 0.25) is 0 Å². The molecule has 6 nitrogen and oxygen atoms in total. The van der Waals surface area contributed by atoms with Crippen LogP contribution in [0.25, 0.3) is 0 Å². The van der Waals surface area contributed by atoms with Gasteiger partial charge in [-0.25, -0.2) is 0 Å². The number of nitro benzene ring substituents is 1. The quantitative estimate of drug-likeness (QED) is 0.543. The van der Waals surface area contributed by atoms with Crippen molar-refractivity contribution in [2.45, 2.75) is 5.37 Å². The van der Waals surface area contributed by atoms with Gasteiger partial charge >= 0.3 is 0 Å². The maximum absolute atomic E-state index is 12.8. The van der Waals surface area contributed by atoms with E-state index in [0.717, 1.165) is 21.5 Å². The molecule has 0 radical (unpaired) electrons. The molecule has 130 valence electrons. The Labute approximate surface area is 157 Å². The molecule has 0 spiro atoms. The first-order chi connectivity index (χ1) is 12.0. The molecule has 3 rings (SSSR count). The number of hydrogen-bond acceptors (Lipinski definition) is 5. The molecule has 25 heavy (non-hydrogen) atoms. The molecule has 0 saturated carbocycles. The average Bonchev–Trinajstić information content (AvgIpc) is 3.10. The lowest BCUT2D eigenvalue weighted by Crippen LogP contribution is -2.30. The zero-order valence-corrected chi connectivity index (χ0v) is 15.7. The summed E-state index contributed by atoms with van der Waals surface area (Å²) in [5, 5.41) is 10.7. The lowest BCUT2D eigenvalue weighted by molar-refractivity contribution is -0.384. The summed E-state index contributed by atoms with van der Waals surface area (Å²) >= 11 is 5.17. The number of carbonyl (C=O) groups is 1. The van der Waals surface area contributed by atoms with Crippen molar-refractivity contribution in [2.75, 3.05) is 19.4 Å². The van der Waals surface area contributed by atoms with Crippen molar-refractivity contribution in [1.82, 2.24) is 4.90 Å². The predicted octanol–water partition coefficient (Wildman–Crippen LogP) is 4.25. The number of rotatable bonds is 4. The Kier molecular flexibility index (Phi) is 5.29. The Morgan fingerprint density at radius 2 is 2.04 bits per heavy atom. The van der Waals surface area contributed by atoms with E-state index in [0.29, 0.717) is 12.1 Å². The molecule has 0 aliphatic carbocycles. The lowest BCUT2D eigenvalue weighted by atomic mass is 10.1. The highest BCUT2D eigenvalue weighted by atomic mass is 79.9. The molecule has 0 aromatic heterocycles. The maximum atomic E-state index is 12.8. The van der Waals surface area contributed by atoms with Gasteiger partial charge in [-0.3, -0.25) is 14.9 Å². The summed E-state index contributed by atoms with van der Waals surface area (Å²) in [5.74, 6) is 1.45. The van der Waals surface area contributed by atoms with Crippen LogP contribution in [-0.4, -0.2) is 35.1 Å². The zero-order chi connectivity index (χ0) is 18.0. The summed E-state index contributed by atoms with van der Waals surface area (Å²) in [6, 6.07) is 11.5. The van der Waals surface area contributed by atoms with Gasteiger partial charge in [0.1, 0.15) is 11.1 Å². The molecule has 0 unspecified atom stereocenters. The van der Waals surface area contributed by atoms with Crippen LogP contribution in [0.4, 0.5) is 5.69 Å². The zero-order valence-electron chi connectivity index (χ0n) is 13.3. The summed E-state index contributed by atoms with van der Waals surface area (Å²) in [4.78, 5) is 24.9. The standard InChI is InChI=1S/C17H15BrN2O4S/c1-24-15-7-4-12(10-14(15)18)17-19(8-9-25-17)16(21)11-2-5-13(6-3-11)20(22)23/h2-7,10,17H,8-9H2,1H3/t17-/m0/s1. The van der Waals surface area contributed by atoms with Crippen molar-refractivity contribution in [3.05, 3.63) is 68.2 Å². The third-order valence-electron chi connectivity index (χ3n) is 3.94. The van der Waals surface area contributed by atoms with Gasteiger partial charge in [0.2, 0.25) is 0 Å². The summed E-state index contributed by atoms with van der Waals surface area (Å²) < 4.78 is 6.08. The minimum Gasteiger partial charge on any atom is -0.496 e. The van der Waals surface area contributed by atoms with Crippen molar-refractivity contribution in [3.8, 4) is 5.75 Å². The summed E-state index contributed by atoms with van der Waals surface area (Å²) in [7, 11) is 1.61. The van der Waals surface area contributed by atoms with Gasteiger partial charge < -0.3 is 9.64 Å². The van der Waals surface area contributed by atoms with Crippen molar-refractivity contribution in [1.29, 1.82) is 0 Å². The van der Waals surface area contributed by atoms with E-state index in [1.165, 1.54) is 24.3 Å². The number of amides is 1. The minimum atomic E-state index is -0.475. The highest BCUT2D eigenvalue weighted by Crippen LogP contribution is 2.41. The number of carbonyl (C=O) groups excluding carboxylic acids is 1. The fourth-order valence-corrected chi connectivity index (χ4v) is 4.49. The van der Waals surface area contributed by atoms with Crippen molar-refractivity contribution in [2.24, 2.45) is 0 Å². The van der Waals surface area contributed by atoms with Gasteiger partial charge in [0, 0.05) is 30.0 Å². The van der Waals surface area contributed by atoms with Crippen LogP contribution in [-0.2, 0) is 0 Å². The third-order valence-corrected chi connectivity index (χ3v) is 5.82. The number of benzene rings is 2. The molecule has 1 atom stereocenters. The van der Waals surface area contributed by atoms with E-state index in [9.17, 15) is 14.9 Å².